The van der Waals surface area contributed by atoms with Crippen molar-refractivity contribution in [1.29, 1.82) is 0 Å². The minimum Gasteiger partial charge on any atom is -0.399 e. The number of piperidine rings is 1. The van der Waals surface area contributed by atoms with Crippen LogP contribution in [-0.2, 0) is 4.79 Å². The van der Waals surface area contributed by atoms with Crippen LogP contribution in [0.5, 0.6) is 0 Å². The Bertz CT molecular complexity index is 455. The maximum Gasteiger partial charge on any atom is 0.223 e. The third kappa shape index (κ3) is 3.53. The zero-order chi connectivity index (χ0) is 14.7. The van der Waals surface area contributed by atoms with Crippen LogP contribution in [0.25, 0.3) is 0 Å². The molecule has 2 rings (SSSR count). The van der Waals surface area contributed by atoms with E-state index in [1.54, 1.807) is 0 Å². The number of carbonyl (C=O) groups is 1. The number of nitrogens with two attached hydrogens (primary N) is 1. The van der Waals surface area contributed by atoms with Gasteiger partial charge in [0, 0.05) is 25.2 Å². The third-order valence-electron chi connectivity index (χ3n) is 4.67. The zero-order valence-electron chi connectivity index (χ0n) is 12.8. The first kappa shape index (κ1) is 14.9. The van der Waals surface area contributed by atoms with E-state index >= 15 is 0 Å². The molecule has 0 aliphatic carbocycles. The first-order chi connectivity index (χ1) is 9.47. The number of hydrogen-bond acceptors (Lipinski definition) is 2. The third-order valence-corrected chi connectivity index (χ3v) is 4.67. The monoisotopic (exact) mass is 274 g/mol. The first-order valence-corrected chi connectivity index (χ1v) is 7.60. The molecule has 0 aromatic heterocycles. The summed E-state index contributed by atoms with van der Waals surface area (Å²) in [6.45, 7) is 8.46. The number of likely N-dealkylation sites (tertiary alicyclic amines) is 1. The molecule has 1 aliphatic heterocycles. The van der Waals surface area contributed by atoms with Gasteiger partial charge in [0.25, 0.3) is 0 Å². The van der Waals surface area contributed by atoms with Crippen molar-refractivity contribution in [1.82, 2.24) is 4.90 Å². The Balaban J connectivity index is 1.92. The Hall–Kier alpha value is -1.51. The van der Waals surface area contributed by atoms with E-state index < -0.39 is 0 Å². The van der Waals surface area contributed by atoms with Crippen LogP contribution in [0.1, 0.15) is 45.1 Å². The van der Waals surface area contributed by atoms with Gasteiger partial charge in [-0.15, -0.1) is 0 Å². The molecule has 110 valence electrons. The maximum absolute atomic E-state index is 12.4. The summed E-state index contributed by atoms with van der Waals surface area (Å²) in [5, 5.41) is 0. The number of rotatable bonds is 3. The van der Waals surface area contributed by atoms with Crippen molar-refractivity contribution in [3.8, 4) is 0 Å². The summed E-state index contributed by atoms with van der Waals surface area (Å²) in [4.78, 5) is 14.4. The van der Waals surface area contributed by atoms with Gasteiger partial charge in [0.2, 0.25) is 5.91 Å². The van der Waals surface area contributed by atoms with Crippen LogP contribution in [-0.4, -0.2) is 23.9 Å². The molecular formula is C17H26N2O. The van der Waals surface area contributed by atoms with Crippen molar-refractivity contribution in [2.45, 2.75) is 39.5 Å². The van der Waals surface area contributed by atoms with Crippen LogP contribution in [0.4, 0.5) is 5.69 Å². The Morgan fingerprint density at radius 3 is 2.55 bits per heavy atom. The van der Waals surface area contributed by atoms with E-state index in [4.69, 9.17) is 5.73 Å². The largest absolute Gasteiger partial charge is 0.399 e. The molecule has 3 nitrogen and oxygen atoms in total. The predicted octanol–water partition coefficient (Wildman–Crippen LogP) is 3.27. The number of nitrogens with zero attached hydrogens (tertiary/aromatic N) is 1. The van der Waals surface area contributed by atoms with Crippen molar-refractivity contribution >= 4 is 11.6 Å². The van der Waals surface area contributed by atoms with Gasteiger partial charge in [-0.25, -0.2) is 0 Å². The lowest BCUT2D eigenvalue weighted by Crippen LogP contribution is -2.42. The molecule has 1 aromatic rings. The molecule has 3 atom stereocenters. The quantitative estimate of drug-likeness (QED) is 0.860. The fourth-order valence-corrected chi connectivity index (χ4v) is 2.82. The second-order valence-electron chi connectivity index (χ2n) is 6.35. The molecule has 1 aliphatic rings. The molecule has 0 spiro atoms. The summed E-state index contributed by atoms with van der Waals surface area (Å²) >= 11 is 0. The minimum atomic E-state index is 0.248. The van der Waals surface area contributed by atoms with E-state index in [1.165, 1.54) is 5.56 Å². The Morgan fingerprint density at radius 2 is 1.95 bits per heavy atom. The highest BCUT2D eigenvalue weighted by Gasteiger charge is 2.26. The first-order valence-electron chi connectivity index (χ1n) is 7.60. The predicted molar refractivity (Wildman–Crippen MR) is 83.4 cm³/mol. The Labute approximate surface area is 122 Å². The standard InChI is InChI=1S/C17H26N2O/c1-12-8-9-19(11-14(12)3)17(20)10-13(2)15-4-6-16(18)7-5-15/h4-7,12-14H,8-11,18H2,1-3H3. The van der Waals surface area contributed by atoms with E-state index in [0.29, 0.717) is 12.3 Å². The van der Waals surface area contributed by atoms with Crippen LogP contribution in [0, 0.1) is 11.8 Å². The van der Waals surface area contributed by atoms with Crippen molar-refractivity contribution in [2.75, 3.05) is 18.8 Å². The molecule has 3 unspecified atom stereocenters. The Kier molecular flexibility index (Phi) is 4.69. The van der Waals surface area contributed by atoms with Crippen LogP contribution in [0.3, 0.4) is 0 Å². The normalized spacial score (nSPS) is 24.4. The molecule has 2 N–H and O–H groups in total. The molecule has 20 heavy (non-hydrogen) atoms. The maximum atomic E-state index is 12.4. The molecule has 0 saturated carbocycles. The van der Waals surface area contributed by atoms with Crippen LogP contribution < -0.4 is 5.73 Å². The summed E-state index contributed by atoms with van der Waals surface area (Å²) in [6, 6.07) is 7.85. The lowest BCUT2D eigenvalue weighted by atomic mass is 9.88. The topological polar surface area (TPSA) is 46.3 Å². The second-order valence-corrected chi connectivity index (χ2v) is 6.35. The van der Waals surface area contributed by atoms with Gasteiger partial charge in [-0.3, -0.25) is 4.79 Å². The molecule has 1 aromatic carbocycles. The molecule has 1 heterocycles. The van der Waals surface area contributed by atoms with Gasteiger partial charge in [0.05, 0.1) is 0 Å². The van der Waals surface area contributed by atoms with E-state index in [0.717, 1.165) is 31.1 Å². The number of amides is 1. The average Bonchev–Trinajstić information content (AvgIpc) is 2.42. The zero-order valence-corrected chi connectivity index (χ0v) is 12.8. The molecular weight excluding hydrogens is 248 g/mol. The molecule has 1 saturated heterocycles. The molecule has 0 radical (unpaired) electrons. The molecule has 1 fully saturated rings. The number of benzene rings is 1. The van der Waals surface area contributed by atoms with Gasteiger partial charge in [-0.2, -0.15) is 0 Å². The van der Waals surface area contributed by atoms with E-state index in [1.807, 2.05) is 29.2 Å². The van der Waals surface area contributed by atoms with E-state index in [9.17, 15) is 4.79 Å². The van der Waals surface area contributed by atoms with Crippen LogP contribution >= 0.6 is 0 Å². The van der Waals surface area contributed by atoms with Gasteiger partial charge >= 0.3 is 0 Å². The molecule has 0 bridgehead atoms. The highest BCUT2D eigenvalue weighted by Crippen LogP contribution is 2.25. The van der Waals surface area contributed by atoms with Gasteiger partial charge < -0.3 is 10.6 Å². The summed E-state index contributed by atoms with van der Waals surface area (Å²) < 4.78 is 0. The van der Waals surface area contributed by atoms with Crippen molar-refractivity contribution in [2.24, 2.45) is 11.8 Å². The number of hydrogen-bond donors (Lipinski definition) is 1. The number of carbonyl (C=O) groups excluding carboxylic acids is 1. The van der Waals surface area contributed by atoms with E-state index in [2.05, 4.69) is 20.8 Å². The lowest BCUT2D eigenvalue weighted by molar-refractivity contribution is -0.133. The van der Waals surface area contributed by atoms with Gasteiger partial charge in [0.1, 0.15) is 0 Å². The fourth-order valence-electron chi connectivity index (χ4n) is 2.82. The van der Waals surface area contributed by atoms with Crippen molar-refractivity contribution < 1.29 is 4.79 Å². The smallest absolute Gasteiger partial charge is 0.223 e. The second kappa shape index (κ2) is 6.29. The van der Waals surface area contributed by atoms with Gasteiger partial charge in [-0.05, 0) is 41.9 Å². The summed E-state index contributed by atoms with van der Waals surface area (Å²) in [5.74, 6) is 1.87. The number of anilines is 1. The van der Waals surface area contributed by atoms with Crippen LogP contribution in [0.2, 0.25) is 0 Å². The minimum absolute atomic E-state index is 0.248. The lowest BCUT2D eigenvalue weighted by Gasteiger charge is -2.35. The number of nitrogen functional groups attached to an aromatic ring is 1. The van der Waals surface area contributed by atoms with Crippen LogP contribution in [0.15, 0.2) is 24.3 Å². The Morgan fingerprint density at radius 1 is 1.30 bits per heavy atom. The highest BCUT2D eigenvalue weighted by molar-refractivity contribution is 5.77. The fraction of sp³-hybridized carbons (Fsp3) is 0.588. The van der Waals surface area contributed by atoms with Gasteiger partial charge in [-0.1, -0.05) is 32.9 Å². The summed E-state index contributed by atoms with van der Waals surface area (Å²) in [7, 11) is 0. The average molecular weight is 274 g/mol. The van der Waals surface area contributed by atoms with Crippen molar-refractivity contribution in [3.05, 3.63) is 29.8 Å². The SMILES string of the molecule is CC(CC(=O)N1CCC(C)C(C)C1)c1ccc(N)cc1. The van der Waals surface area contributed by atoms with Gasteiger partial charge in [0.15, 0.2) is 0 Å². The summed E-state index contributed by atoms with van der Waals surface area (Å²) in [5.41, 5.74) is 7.65. The van der Waals surface area contributed by atoms with E-state index in [-0.39, 0.29) is 11.8 Å². The molecule has 1 amide bonds. The highest BCUT2D eigenvalue weighted by atomic mass is 16.2. The molecule has 3 heteroatoms. The summed E-state index contributed by atoms with van der Waals surface area (Å²) in [6.07, 6.45) is 1.72. The van der Waals surface area contributed by atoms with Crippen molar-refractivity contribution in [3.63, 3.8) is 0 Å².